The van der Waals surface area contributed by atoms with Gasteiger partial charge in [-0.3, -0.25) is 14.4 Å². The van der Waals surface area contributed by atoms with Crippen molar-refractivity contribution in [3.8, 4) is 28.0 Å². The molecule has 2 aromatic carbocycles. The second kappa shape index (κ2) is 11.0. The molecule has 37 heavy (non-hydrogen) atoms. The molecule has 0 unspecified atom stereocenters. The Morgan fingerprint density at radius 3 is 2.38 bits per heavy atom. The molecule has 194 valence electrons. The highest BCUT2D eigenvalue weighted by molar-refractivity contribution is 6.06. The minimum absolute atomic E-state index is 0.0343. The summed E-state index contributed by atoms with van der Waals surface area (Å²) in [6.07, 6.45) is -2.71. The molecule has 1 heterocycles. The first-order valence-electron chi connectivity index (χ1n) is 11.0. The molecule has 0 saturated carbocycles. The number of rotatable bonds is 9. The van der Waals surface area contributed by atoms with Gasteiger partial charge in [-0.25, -0.2) is 13.2 Å². The molecule has 0 aliphatic heterocycles. The molecule has 0 fully saturated rings. The Hall–Kier alpha value is -4.54. The second-order valence-corrected chi connectivity index (χ2v) is 8.14. The lowest BCUT2D eigenvalue weighted by Gasteiger charge is -2.15. The Morgan fingerprint density at radius 1 is 1.11 bits per heavy atom. The summed E-state index contributed by atoms with van der Waals surface area (Å²) in [4.78, 5) is 39.3. The Kier molecular flexibility index (Phi) is 8.06. The molecule has 5 N–H and O–H groups in total. The van der Waals surface area contributed by atoms with E-state index < -0.39 is 36.5 Å². The van der Waals surface area contributed by atoms with E-state index in [1.165, 1.54) is 19.2 Å². The molecular weight excluding hydrogens is 489 g/mol. The minimum Gasteiger partial charge on any atom is -0.496 e. The van der Waals surface area contributed by atoms with Gasteiger partial charge in [-0.1, -0.05) is 18.7 Å². The molecule has 0 spiro atoms. The minimum atomic E-state index is -2.71. The number of methoxy groups -OCH3 is 1. The van der Waals surface area contributed by atoms with Crippen LogP contribution in [0.3, 0.4) is 0 Å². The first kappa shape index (κ1) is 27.1. The first-order chi connectivity index (χ1) is 17.4. The van der Waals surface area contributed by atoms with Crippen LogP contribution in [0, 0.1) is 13.8 Å². The maximum atomic E-state index is 13.1. The van der Waals surface area contributed by atoms with Gasteiger partial charge in [-0.15, -0.1) is 0 Å². The monoisotopic (exact) mass is 514 g/mol. The predicted molar refractivity (Wildman–Crippen MR) is 133 cm³/mol. The molecule has 8 nitrogen and oxygen atoms in total. The van der Waals surface area contributed by atoms with Gasteiger partial charge in [0.1, 0.15) is 11.4 Å². The summed E-state index contributed by atoms with van der Waals surface area (Å²) < 4.78 is 43.5. The highest BCUT2D eigenvalue weighted by Gasteiger charge is 2.24. The number of alkyl halides is 2. The van der Waals surface area contributed by atoms with Gasteiger partial charge in [0.25, 0.3) is 24.1 Å². The van der Waals surface area contributed by atoms with Crippen LogP contribution in [0.2, 0.25) is 0 Å². The van der Waals surface area contributed by atoms with Crippen molar-refractivity contribution in [3.63, 3.8) is 0 Å². The van der Waals surface area contributed by atoms with Gasteiger partial charge >= 0.3 is 0 Å². The average molecular weight is 515 g/mol. The fourth-order valence-electron chi connectivity index (χ4n) is 3.96. The number of hydrogen-bond donors (Lipinski definition) is 4. The zero-order valence-electron chi connectivity index (χ0n) is 20.3. The van der Waals surface area contributed by atoms with Gasteiger partial charge in [0, 0.05) is 22.5 Å². The van der Waals surface area contributed by atoms with Crippen molar-refractivity contribution in [1.29, 1.82) is 0 Å². The molecule has 0 atom stereocenters. The van der Waals surface area contributed by atoms with Crippen molar-refractivity contribution in [2.75, 3.05) is 19.0 Å². The summed E-state index contributed by atoms with van der Waals surface area (Å²) in [7, 11) is 1.32. The number of amides is 3. The van der Waals surface area contributed by atoms with Gasteiger partial charge in [-0.05, 0) is 54.8 Å². The fourth-order valence-corrected chi connectivity index (χ4v) is 3.96. The molecule has 0 aliphatic rings. The fraction of sp³-hybridized carbons (Fsp3) is 0.192. The Balaban J connectivity index is 2.13. The standard InChI is InChI=1S/C26H25F3N4O4/c1-12-9-16(33-25(35)13(2)27)6-8-17(12)21-14(3)32-23(24(30)34)22(21)15-5-7-18(19(10-15)37-4)26(36)31-11-20(28)29/h5-10,20,32H,2,11H2,1,3-4H3,(H2,30,34)(H,31,36)(H,33,35). The van der Waals surface area contributed by atoms with Crippen LogP contribution in [-0.2, 0) is 4.79 Å². The van der Waals surface area contributed by atoms with E-state index in [0.717, 1.165) is 0 Å². The molecule has 3 rings (SSSR count). The van der Waals surface area contributed by atoms with E-state index in [4.69, 9.17) is 10.5 Å². The van der Waals surface area contributed by atoms with Crippen molar-refractivity contribution in [2.45, 2.75) is 20.3 Å². The van der Waals surface area contributed by atoms with E-state index in [9.17, 15) is 27.6 Å². The summed E-state index contributed by atoms with van der Waals surface area (Å²) in [5.74, 6) is -3.46. The summed E-state index contributed by atoms with van der Waals surface area (Å²) in [5, 5.41) is 4.53. The number of nitrogens with one attached hydrogen (secondary N) is 3. The highest BCUT2D eigenvalue weighted by atomic mass is 19.3. The van der Waals surface area contributed by atoms with Crippen LogP contribution in [0.15, 0.2) is 48.8 Å². The van der Waals surface area contributed by atoms with E-state index in [-0.39, 0.29) is 17.0 Å². The van der Waals surface area contributed by atoms with Crippen molar-refractivity contribution in [1.82, 2.24) is 10.3 Å². The summed E-state index contributed by atoms with van der Waals surface area (Å²) in [5.41, 5.74) is 9.64. The number of halogens is 3. The molecule has 0 radical (unpaired) electrons. The Labute approximate surface area is 210 Å². The highest BCUT2D eigenvalue weighted by Crippen LogP contribution is 2.41. The van der Waals surface area contributed by atoms with Gasteiger partial charge in [0.15, 0.2) is 5.83 Å². The SMILES string of the molecule is C=C(F)C(=O)Nc1ccc(-c2c(C)[nH]c(C(N)=O)c2-c2ccc(C(=O)NCC(F)F)c(OC)c2)c(C)c1. The largest absolute Gasteiger partial charge is 0.496 e. The maximum Gasteiger partial charge on any atom is 0.283 e. The van der Waals surface area contributed by atoms with Gasteiger partial charge < -0.3 is 26.1 Å². The quantitative estimate of drug-likeness (QED) is 0.314. The maximum absolute atomic E-state index is 13.1. The lowest BCUT2D eigenvalue weighted by Crippen LogP contribution is -2.28. The van der Waals surface area contributed by atoms with E-state index in [1.807, 2.05) is 0 Å². The predicted octanol–water partition coefficient (Wildman–Crippen LogP) is 4.49. The second-order valence-electron chi connectivity index (χ2n) is 8.14. The number of aromatic nitrogens is 1. The zero-order valence-corrected chi connectivity index (χ0v) is 20.3. The van der Waals surface area contributed by atoms with Crippen LogP contribution in [0.5, 0.6) is 5.75 Å². The summed E-state index contributed by atoms with van der Waals surface area (Å²) in [6, 6.07) is 9.36. The van der Waals surface area contributed by atoms with Gasteiger partial charge in [0.2, 0.25) is 0 Å². The number of aryl methyl sites for hydroxylation is 2. The normalized spacial score (nSPS) is 10.8. The smallest absolute Gasteiger partial charge is 0.283 e. The van der Waals surface area contributed by atoms with Crippen molar-refractivity contribution < 1.29 is 32.3 Å². The molecular formula is C26H25F3N4O4. The number of nitrogens with two attached hydrogens (primary N) is 1. The zero-order chi connectivity index (χ0) is 27.4. The van der Waals surface area contributed by atoms with Crippen LogP contribution in [0.1, 0.15) is 32.1 Å². The third-order valence-electron chi connectivity index (χ3n) is 5.59. The van der Waals surface area contributed by atoms with E-state index in [1.54, 1.807) is 38.1 Å². The topological polar surface area (TPSA) is 126 Å². The first-order valence-corrected chi connectivity index (χ1v) is 11.0. The number of carbonyl (C=O) groups is 3. The molecule has 0 bridgehead atoms. The van der Waals surface area contributed by atoms with Crippen molar-refractivity contribution >= 4 is 23.4 Å². The van der Waals surface area contributed by atoms with Crippen LogP contribution in [-0.4, -0.2) is 42.8 Å². The number of anilines is 1. The van der Waals surface area contributed by atoms with E-state index in [2.05, 4.69) is 22.2 Å². The molecule has 3 aromatic rings. The van der Waals surface area contributed by atoms with Crippen LogP contribution >= 0.6 is 0 Å². The third kappa shape index (κ3) is 5.83. The number of aromatic amines is 1. The van der Waals surface area contributed by atoms with Crippen LogP contribution in [0.25, 0.3) is 22.3 Å². The lowest BCUT2D eigenvalue weighted by atomic mass is 9.91. The molecule has 0 aliphatic carbocycles. The Bertz CT molecular complexity index is 1400. The number of carbonyl (C=O) groups excluding carboxylic acids is 3. The number of hydrogen-bond acceptors (Lipinski definition) is 4. The number of H-pyrrole nitrogens is 1. The lowest BCUT2D eigenvalue weighted by molar-refractivity contribution is -0.114. The average Bonchev–Trinajstić information content (AvgIpc) is 3.19. The Morgan fingerprint density at radius 2 is 1.81 bits per heavy atom. The van der Waals surface area contributed by atoms with Crippen molar-refractivity contribution in [3.05, 3.63) is 71.3 Å². The van der Waals surface area contributed by atoms with E-state index in [0.29, 0.717) is 39.2 Å². The van der Waals surface area contributed by atoms with E-state index >= 15 is 0 Å². The molecule has 0 saturated heterocycles. The summed E-state index contributed by atoms with van der Waals surface area (Å²) >= 11 is 0. The van der Waals surface area contributed by atoms with Crippen LogP contribution < -0.4 is 21.1 Å². The third-order valence-corrected chi connectivity index (χ3v) is 5.59. The number of benzene rings is 2. The number of ether oxygens (including phenoxy) is 1. The van der Waals surface area contributed by atoms with Gasteiger partial charge in [-0.2, -0.15) is 0 Å². The number of primary amides is 1. The summed E-state index contributed by atoms with van der Waals surface area (Å²) in [6.45, 7) is 5.67. The molecule has 3 amide bonds. The van der Waals surface area contributed by atoms with Crippen molar-refractivity contribution in [2.24, 2.45) is 5.73 Å². The molecule has 11 heteroatoms. The molecule has 1 aromatic heterocycles. The van der Waals surface area contributed by atoms with Crippen LogP contribution in [0.4, 0.5) is 18.9 Å². The van der Waals surface area contributed by atoms with Gasteiger partial charge in [0.05, 0.1) is 19.2 Å².